The predicted molar refractivity (Wildman–Crippen MR) is 113 cm³/mol. The average Bonchev–Trinajstić information content (AvgIpc) is 2.66. The standard InChI is InChI=1S/C23H27N3/c1-4-5-16-26-20(17-22(24)21-8-6-7-9-23(21)26)15-12-18-10-13-19(14-11-18)25(2)3/h6-15,17,24H,4-5,16H2,1-3H3/p+1/b15-12+. The molecule has 0 aliphatic carbocycles. The fourth-order valence-corrected chi connectivity index (χ4v) is 3.18. The van der Waals surface area contributed by atoms with E-state index in [1.807, 2.05) is 6.07 Å². The molecule has 0 amide bonds. The van der Waals surface area contributed by atoms with Gasteiger partial charge in [0.2, 0.25) is 11.2 Å². The van der Waals surface area contributed by atoms with E-state index in [0.717, 1.165) is 29.7 Å². The van der Waals surface area contributed by atoms with Gasteiger partial charge in [0, 0.05) is 44.4 Å². The van der Waals surface area contributed by atoms with Crippen molar-refractivity contribution in [2.24, 2.45) is 0 Å². The summed E-state index contributed by atoms with van der Waals surface area (Å²) in [6.07, 6.45) is 6.65. The van der Waals surface area contributed by atoms with Crippen LogP contribution in [0.1, 0.15) is 31.0 Å². The molecule has 0 aliphatic heterocycles. The molecule has 2 N–H and O–H groups in total. The Morgan fingerprint density at radius 3 is 2.42 bits per heavy atom. The summed E-state index contributed by atoms with van der Waals surface area (Å²) in [6, 6.07) is 19.0. The number of para-hydroxylation sites is 1. The molecule has 134 valence electrons. The van der Waals surface area contributed by atoms with Gasteiger partial charge in [-0.05, 0) is 29.8 Å². The van der Waals surface area contributed by atoms with Crippen molar-refractivity contribution < 1.29 is 4.57 Å². The van der Waals surface area contributed by atoms with Crippen LogP contribution in [-0.4, -0.2) is 14.1 Å². The van der Waals surface area contributed by atoms with E-state index in [1.165, 1.54) is 23.2 Å². The van der Waals surface area contributed by atoms with Crippen molar-refractivity contribution in [3.63, 3.8) is 0 Å². The second-order valence-electron chi connectivity index (χ2n) is 6.87. The zero-order valence-electron chi connectivity index (χ0n) is 15.9. The number of anilines is 2. The topological polar surface area (TPSA) is 33.1 Å². The SMILES string of the molecule is CCCC[n+]1c(/C=C/c2ccc(N(C)C)cc2)cc(N)c2ccccc21. The van der Waals surface area contributed by atoms with Gasteiger partial charge in [0.15, 0.2) is 0 Å². The molecule has 3 heteroatoms. The van der Waals surface area contributed by atoms with E-state index in [0.29, 0.717) is 0 Å². The molecule has 0 spiro atoms. The Balaban J connectivity index is 2.00. The second-order valence-corrected chi connectivity index (χ2v) is 6.87. The average molecular weight is 346 g/mol. The number of pyridine rings is 1. The molecule has 1 heterocycles. The third-order valence-electron chi connectivity index (χ3n) is 4.71. The summed E-state index contributed by atoms with van der Waals surface area (Å²) in [4.78, 5) is 2.11. The molecule has 0 bridgehead atoms. The fourth-order valence-electron chi connectivity index (χ4n) is 3.18. The first kappa shape index (κ1) is 18.0. The molecule has 3 nitrogen and oxygen atoms in total. The highest BCUT2D eigenvalue weighted by Gasteiger charge is 2.15. The number of aromatic nitrogens is 1. The van der Waals surface area contributed by atoms with Crippen molar-refractivity contribution in [1.29, 1.82) is 0 Å². The van der Waals surface area contributed by atoms with E-state index in [1.54, 1.807) is 0 Å². The molecule has 0 saturated carbocycles. The number of nitrogens with zero attached hydrogens (tertiary/aromatic N) is 2. The number of nitrogen functional groups attached to an aromatic ring is 1. The second kappa shape index (κ2) is 8.05. The number of benzene rings is 2. The summed E-state index contributed by atoms with van der Waals surface area (Å²) in [5.74, 6) is 0. The lowest BCUT2D eigenvalue weighted by molar-refractivity contribution is -0.673. The highest BCUT2D eigenvalue weighted by molar-refractivity contribution is 5.89. The molecule has 3 rings (SSSR count). The van der Waals surface area contributed by atoms with Gasteiger partial charge in [0.25, 0.3) is 0 Å². The maximum absolute atomic E-state index is 6.32. The maximum atomic E-state index is 6.32. The van der Waals surface area contributed by atoms with E-state index in [9.17, 15) is 0 Å². The van der Waals surface area contributed by atoms with Crippen LogP contribution < -0.4 is 15.2 Å². The number of hydrogen-bond acceptors (Lipinski definition) is 2. The summed E-state index contributed by atoms with van der Waals surface area (Å²) >= 11 is 0. The van der Waals surface area contributed by atoms with Crippen LogP contribution in [0.3, 0.4) is 0 Å². The van der Waals surface area contributed by atoms with Crippen molar-refractivity contribution >= 4 is 34.4 Å². The summed E-state index contributed by atoms with van der Waals surface area (Å²) < 4.78 is 2.37. The van der Waals surface area contributed by atoms with Gasteiger partial charge in [-0.1, -0.05) is 37.6 Å². The highest BCUT2D eigenvalue weighted by Crippen LogP contribution is 2.21. The van der Waals surface area contributed by atoms with Crippen LogP contribution in [0.25, 0.3) is 23.1 Å². The number of nitrogens with two attached hydrogens (primary N) is 1. The number of fused-ring (bicyclic) bond motifs is 1. The third kappa shape index (κ3) is 3.88. The van der Waals surface area contributed by atoms with Crippen LogP contribution in [0.4, 0.5) is 11.4 Å². The number of aryl methyl sites for hydroxylation is 1. The Hall–Kier alpha value is -2.81. The first-order valence-electron chi connectivity index (χ1n) is 9.26. The molecule has 0 radical (unpaired) electrons. The van der Waals surface area contributed by atoms with Gasteiger partial charge in [-0.25, -0.2) is 0 Å². The van der Waals surface area contributed by atoms with E-state index in [-0.39, 0.29) is 0 Å². The smallest absolute Gasteiger partial charge is 0.215 e. The molecule has 0 fully saturated rings. The van der Waals surface area contributed by atoms with Crippen LogP contribution in [-0.2, 0) is 6.54 Å². The minimum absolute atomic E-state index is 0.830. The van der Waals surface area contributed by atoms with Gasteiger partial charge in [-0.15, -0.1) is 0 Å². The Morgan fingerprint density at radius 2 is 1.73 bits per heavy atom. The van der Waals surface area contributed by atoms with Gasteiger partial charge in [-0.2, -0.15) is 4.57 Å². The Morgan fingerprint density at radius 1 is 1.00 bits per heavy atom. The number of rotatable bonds is 6. The summed E-state index contributed by atoms with van der Waals surface area (Å²) in [6.45, 7) is 3.22. The molecule has 0 atom stereocenters. The van der Waals surface area contributed by atoms with Gasteiger partial charge in [-0.3, -0.25) is 0 Å². The Labute approximate surface area is 156 Å². The minimum Gasteiger partial charge on any atom is -0.398 e. The van der Waals surface area contributed by atoms with Crippen molar-refractivity contribution in [1.82, 2.24) is 0 Å². The Bertz CT molecular complexity index is 909. The van der Waals surface area contributed by atoms with Crippen molar-refractivity contribution in [3.05, 3.63) is 65.9 Å². The molecule has 0 aliphatic rings. The van der Waals surface area contributed by atoms with Crippen molar-refractivity contribution in [2.45, 2.75) is 26.3 Å². The fraction of sp³-hybridized carbons (Fsp3) is 0.261. The molecular weight excluding hydrogens is 318 g/mol. The normalized spacial score (nSPS) is 11.3. The lowest BCUT2D eigenvalue weighted by Crippen LogP contribution is -2.38. The summed E-state index contributed by atoms with van der Waals surface area (Å²) in [5, 5.41) is 1.12. The van der Waals surface area contributed by atoms with Gasteiger partial charge >= 0.3 is 0 Å². The van der Waals surface area contributed by atoms with E-state index < -0.39 is 0 Å². The molecular formula is C23H28N3+. The van der Waals surface area contributed by atoms with Crippen LogP contribution >= 0.6 is 0 Å². The largest absolute Gasteiger partial charge is 0.398 e. The zero-order valence-corrected chi connectivity index (χ0v) is 15.9. The van der Waals surface area contributed by atoms with E-state index in [4.69, 9.17) is 5.73 Å². The van der Waals surface area contributed by atoms with Crippen LogP contribution in [0.5, 0.6) is 0 Å². The van der Waals surface area contributed by atoms with Crippen LogP contribution in [0.2, 0.25) is 0 Å². The first-order valence-corrected chi connectivity index (χ1v) is 9.26. The first-order chi connectivity index (χ1) is 12.6. The monoisotopic (exact) mass is 346 g/mol. The van der Waals surface area contributed by atoms with Crippen LogP contribution in [0.15, 0.2) is 54.6 Å². The highest BCUT2D eigenvalue weighted by atomic mass is 15.1. The zero-order chi connectivity index (χ0) is 18.5. The van der Waals surface area contributed by atoms with Crippen LogP contribution in [0, 0.1) is 0 Å². The molecule has 0 saturated heterocycles. The van der Waals surface area contributed by atoms with Crippen molar-refractivity contribution in [3.8, 4) is 0 Å². The van der Waals surface area contributed by atoms with Gasteiger partial charge in [0.1, 0.15) is 6.54 Å². The minimum atomic E-state index is 0.830. The summed E-state index contributed by atoms with van der Waals surface area (Å²) in [7, 11) is 4.11. The molecule has 2 aromatic carbocycles. The summed E-state index contributed by atoms with van der Waals surface area (Å²) in [5.41, 5.74) is 11.9. The Kier molecular flexibility index (Phi) is 5.57. The van der Waals surface area contributed by atoms with Gasteiger partial charge < -0.3 is 10.6 Å². The lowest BCUT2D eigenvalue weighted by Gasteiger charge is -2.11. The molecule has 0 unspecified atom stereocenters. The molecule has 3 aromatic rings. The maximum Gasteiger partial charge on any atom is 0.215 e. The van der Waals surface area contributed by atoms with E-state index >= 15 is 0 Å². The predicted octanol–water partition coefficient (Wildman–Crippen LogP) is 4.75. The lowest BCUT2D eigenvalue weighted by atomic mass is 10.1. The number of hydrogen-bond donors (Lipinski definition) is 1. The quantitative estimate of drug-likeness (QED) is 0.654. The third-order valence-corrected chi connectivity index (χ3v) is 4.71. The molecule has 26 heavy (non-hydrogen) atoms. The van der Waals surface area contributed by atoms with Crippen molar-refractivity contribution in [2.75, 3.05) is 24.7 Å². The number of unbranched alkanes of at least 4 members (excludes halogenated alkanes) is 1. The van der Waals surface area contributed by atoms with Gasteiger partial charge in [0.05, 0.1) is 11.1 Å². The molecule has 1 aromatic heterocycles. The van der Waals surface area contributed by atoms with E-state index in [2.05, 4.69) is 91.2 Å².